The van der Waals surface area contributed by atoms with Crippen LogP contribution in [0.2, 0.25) is 0 Å². The van der Waals surface area contributed by atoms with E-state index in [1.807, 2.05) is 0 Å². The smallest absolute Gasteiger partial charge is 0.0156 e. The molecule has 3 rings (SSSR count). The van der Waals surface area contributed by atoms with Crippen molar-refractivity contribution in [1.29, 1.82) is 0 Å². The molecule has 0 spiro atoms. The van der Waals surface area contributed by atoms with E-state index in [0.717, 1.165) is 17.8 Å². The molecule has 2 aliphatic carbocycles. The molecule has 0 heteroatoms. The van der Waals surface area contributed by atoms with Crippen molar-refractivity contribution in [2.45, 2.75) is 50.9 Å². The van der Waals surface area contributed by atoms with Crippen LogP contribution in [0.3, 0.4) is 0 Å². The predicted molar refractivity (Wildman–Crippen MR) is 68.5 cm³/mol. The van der Waals surface area contributed by atoms with Crippen LogP contribution in [0.25, 0.3) is 0 Å². The minimum absolute atomic E-state index is 0.870. The van der Waals surface area contributed by atoms with E-state index in [4.69, 9.17) is 0 Å². The van der Waals surface area contributed by atoms with Gasteiger partial charge in [-0.05, 0) is 36.2 Å². The maximum atomic E-state index is 2.33. The lowest BCUT2D eigenvalue weighted by atomic mass is 9.92. The number of hydrogen-bond acceptors (Lipinski definition) is 0. The van der Waals surface area contributed by atoms with Crippen LogP contribution in [0.1, 0.15) is 56.4 Å². The summed E-state index contributed by atoms with van der Waals surface area (Å²) in [5.41, 5.74) is 1.59. The Hall–Kier alpha value is -0.780. The molecule has 0 radical (unpaired) electrons. The third-order valence-corrected chi connectivity index (χ3v) is 4.76. The molecule has 0 aliphatic heterocycles. The minimum atomic E-state index is 0.870. The fraction of sp³-hybridized carbons (Fsp3) is 0.625. The van der Waals surface area contributed by atoms with Crippen molar-refractivity contribution in [2.24, 2.45) is 11.8 Å². The van der Waals surface area contributed by atoms with Gasteiger partial charge in [0.15, 0.2) is 0 Å². The first-order chi connectivity index (χ1) is 7.93. The van der Waals surface area contributed by atoms with Gasteiger partial charge in [-0.25, -0.2) is 0 Å². The molecule has 0 nitrogen and oxygen atoms in total. The Kier molecular flexibility index (Phi) is 2.99. The van der Waals surface area contributed by atoms with E-state index in [-0.39, 0.29) is 0 Å². The Morgan fingerprint density at radius 3 is 2.00 bits per heavy atom. The first-order valence-electron chi connectivity index (χ1n) is 6.98. The van der Waals surface area contributed by atoms with E-state index in [1.165, 1.54) is 44.9 Å². The first-order valence-corrected chi connectivity index (χ1v) is 6.98. The Labute approximate surface area is 99.1 Å². The highest BCUT2D eigenvalue weighted by atomic mass is 14.4. The molecule has 0 saturated heterocycles. The Morgan fingerprint density at radius 1 is 0.750 bits per heavy atom. The molecular formula is C16H22. The fourth-order valence-electron chi connectivity index (χ4n) is 3.91. The lowest BCUT2D eigenvalue weighted by molar-refractivity contribution is 0.367. The van der Waals surface area contributed by atoms with Crippen molar-refractivity contribution in [3.63, 3.8) is 0 Å². The van der Waals surface area contributed by atoms with Crippen LogP contribution in [0.4, 0.5) is 0 Å². The molecule has 2 fully saturated rings. The zero-order valence-corrected chi connectivity index (χ0v) is 10.1. The number of rotatable bonds is 1. The summed E-state index contributed by atoms with van der Waals surface area (Å²) < 4.78 is 0. The van der Waals surface area contributed by atoms with Gasteiger partial charge in [0.25, 0.3) is 0 Å². The van der Waals surface area contributed by atoms with Gasteiger partial charge in [0, 0.05) is 0 Å². The summed E-state index contributed by atoms with van der Waals surface area (Å²) in [5, 5.41) is 0. The maximum absolute atomic E-state index is 2.33. The van der Waals surface area contributed by atoms with Crippen molar-refractivity contribution in [2.75, 3.05) is 0 Å². The SMILES string of the molecule is c1ccc(C2CC3CCCCCC3C2)cc1. The first kappa shape index (κ1) is 10.4. The largest absolute Gasteiger partial charge is 0.0622 e. The number of fused-ring (bicyclic) bond motifs is 1. The summed E-state index contributed by atoms with van der Waals surface area (Å²) in [6, 6.07) is 11.2. The van der Waals surface area contributed by atoms with Crippen LogP contribution in [-0.2, 0) is 0 Å². The summed E-state index contributed by atoms with van der Waals surface area (Å²) in [7, 11) is 0. The Balaban J connectivity index is 1.73. The standard InChI is InChI=1S/C16H22/c1-3-7-13(8-4-1)16-11-14-9-5-2-6-10-15(14)12-16/h1,3-4,7-8,14-16H,2,5-6,9-12H2. The molecular weight excluding hydrogens is 192 g/mol. The van der Waals surface area contributed by atoms with Gasteiger partial charge in [-0.1, -0.05) is 62.4 Å². The molecule has 0 amide bonds. The molecule has 2 saturated carbocycles. The van der Waals surface area contributed by atoms with Gasteiger partial charge in [-0.3, -0.25) is 0 Å². The Bertz CT molecular complexity index is 313. The topological polar surface area (TPSA) is 0 Å². The van der Waals surface area contributed by atoms with Crippen molar-refractivity contribution < 1.29 is 0 Å². The summed E-state index contributed by atoms with van der Waals surface area (Å²) >= 11 is 0. The Morgan fingerprint density at radius 2 is 1.38 bits per heavy atom. The maximum Gasteiger partial charge on any atom is -0.0156 e. The lowest BCUT2D eigenvalue weighted by Gasteiger charge is -2.14. The quantitative estimate of drug-likeness (QED) is 0.632. The number of benzene rings is 1. The third kappa shape index (κ3) is 2.03. The highest BCUT2D eigenvalue weighted by Gasteiger charge is 2.34. The average Bonchev–Trinajstić information content (AvgIpc) is 2.62. The molecule has 2 aliphatic rings. The van der Waals surface area contributed by atoms with Crippen molar-refractivity contribution >= 4 is 0 Å². The zero-order chi connectivity index (χ0) is 10.8. The molecule has 1 aromatic rings. The van der Waals surface area contributed by atoms with E-state index in [1.54, 1.807) is 5.56 Å². The van der Waals surface area contributed by atoms with Gasteiger partial charge >= 0.3 is 0 Å². The van der Waals surface area contributed by atoms with Crippen molar-refractivity contribution in [1.82, 2.24) is 0 Å². The molecule has 2 atom stereocenters. The van der Waals surface area contributed by atoms with E-state index in [0.29, 0.717) is 0 Å². The van der Waals surface area contributed by atoms with E-state index >= 15 is 0 Å². The highest BCUT2D eigenvalue weighted by molar-refractivity contribution is 5.21. The highest BCUT2D eigenvalue weighted by Crippen LogP contribution is 2.47. The van der Waals surface area contributed by atoms with E-state index < -0.39 is 0 Å². The minimum Gasteiger partial charge on any atom is -0.0622 e. The van der Waals surface area contributed by atoms with Crippen LogP contribution in [0.5, 0.6) is 0 Å². The van der Waals surface area contributed by atoms with Crippen LogP contribution >= 0.6 is 0 Å². The molecule has 86 valence electrons. The summed E-state index contributed by atoms with van der Waals surface area (Å²) in [6.07, 6.45) is 10.4. The molecule has 2 unspecified atom stereocenters. The molecule has 16 heavy (non-hydrogen) atoms. The summed E-state index contributed by atoms with van der Waals surface area (Å²) in [4.78, 5) is 0. The van der Waals surface area contributed by atoms with Gasteiger partial charge in [0.2, 0.25) is 0 Å². The second-order valence-electron chi connectivity index (χ2n) is 5.74. The normalized spacial score (nSPS) is 34.4. The van der Waals surface area contributed by atoms with Gasteiger partial charge in [0.05, 0.1) is 0 Å². The monoisotopic (exact) mass is 214 g/mol. The second kappa shape index (κ2) is 4.61. The third-order valence-electron chi connectivity index (χ3n) is 4.76. The van der Waals surface area contributed by atoms with Gasteiger partial charge in [0.1, 0.15) is 0 Å². The second-order valence-corrected chi connectivity index (χ2v) is 5.74. The lowest BCUT2D eigenvalue weighted by Crippen LogP contribution is -2.04. The average molecular weight is 214 g/mol. The molecule has 1 aromatic carbocycles. The van der Waals surface area contributed by atoms with Crippen LogP contribution < -0.4 is 0 Å². The van der Waals surface area contributed by atoms with Crippen LogP contribution in [-0.4, -0.2) is 0 Å². The van der Waals surface area contributed by atoms with E-state index in [2.05, 4.69) is 30.3 Å². The van der Waals surface area contributed by atoms with Crippen molar-refractivity contribution in [3.8, 4) is 0 Å². The van der Waals surface area contributed by atoms with E-state index in [9.17, 15) is 0 Å². The fourth-order valence-corrected chi connectivity index (χ4v) is 3.91. The van der Waals surface area contributed by atoms with Gasteiger partial charge < -0.3 is 0 Å². The van der Waals surface area contributed by atoms with Crippen molar-refractivity contribution in [3.05, 3.63) is 35.9 Å². The molecule has 0 N–H and O–H groups in total. The molecule has 0 aromatic heterocycles. The molecule has 0 heterocycles. The number of hydrogen-bond donors (Lipinski definition) is 0. The molecule has 0 bridgehead atoms. The van der Waals surface area contributed by atoms with Crippen LogP contribution in [0, 0.1) is 11.8 Å². The summed E-state index contributed by atoms with van der Waals surface area (Å²) in [6.45, 7) is 0. The van der Waals surface area contributed by atoms with Crippen LogP contribution in [0.15, 0.2) is 30.3 Å². The summed E-state index contributed by atoms with van der Waals surface area (Å²) in [5.74, 6) is 2.97. The predicted octanol–water partition coefficient (Wildman–Crippen LogP) is 4.76. The van der Waals surface area contributed by atoms with Gasteiger partial charge in [-0.15, -0.1) is 0 Å². The zero-order valence-electron chi connectivity index (χ0n) is 10.1. The van der Waals surface area contributed by atoms with Gasteiger partial charge in [-0.2, -0.15) is 0 Å².